The fraction of sp³-hybridized carbons (Fsp3) is 0.174. The Morgan fingerprint density at radius 3 is 2.39 bits per heavy atom. The first kappa shape index (κ1) is 24.3. The fourth-order valence-corrected chi connectivity index (χ4v) is 4.40. The number of amides is 1. The van der Waals surface area contributed by atoms with Gasteiger partial charge in [0.1, 0.15) is 0 Å². The third-order valence-corrected chi connectivity index (χ3v) is 6.56. The molecule has 172 valence electrons. The Kier molecular flexibility index (Phi) is 8.07. The van der Waals surface area contributed by atoms with Crippen LogP contribution in [0.25, 0.3) is 0 Å². The predicted octanol–water partition coefficient (Wildman–Crippen LogP) is 5.17. The number of carbonyl (C=O) groups excluding carboxylic acids is 1. The summed E-state index contributed by atoms with van der Waals surface area (Å²) in [5, 5.41) is 14.7. The maximum Gasteiger partial charge on any atom is 0.332 e. The van der Waals surface area contributed by atoms with Gasteiger partial charge in [0.05, 0.1) is 4.90 Å². The molecule has 10 heteroatoms. The molecule has 33 heavy (non-hydrogen) atoms. The van der Waals surface area contributed by atoms with E-state index in [4.69, 9.17) is 0 Å². The highest BCUT2D eigenvalue weighted by molar-refractivity contribution is 7.86. The van der Waals surface area contributed by atoms with Crippen LogP contribution in [0.4, 0.5) is 14.1 Å². The van der Waals surface area contributed by atoms with E-state index in [0.717, 1.165) is 24.1 Å². The van der Waals surface area contributed by atoms with E-state index < -0.39 is 21.0 Å². The number of nitrogens with zero attached hydrogens (tertiary/aromatic N) is 2. The highest BCUT2D eigenvalue weighted by Crippen LogP contribution is 2.29. The van der Waals surface area contributed by atoms with E-state index in [1.54, 1.807) is 0 Å². The minimum Gasteiger partial charge on any atom is -0.360 e. The number of carbonyl (C=O) groups is 1. The molecule has 0 saturated heterocycles. The third kappa shape index (κ3) is 6.56. The molecule has 3 rings (SSSR count). The Morgan fingerprint density at radius 1 is 1.12 bits per heavy atom. The zero-order chi connectivity index (χ0) is 23.8. The van der Waals surface area contributed by atoms with E-state index in [2.05, 4.69) is 45.6 Å². The zero-order valence-corrected chi connectivity index (χ0v) is 19.5. The molecule has 1 unspecified atom stereocenters. The van der Waals surface area contributed by atoms with Crippen LogP contribution >= 0.6 is 11.3 Å². The number of hydrogen-bond donors (Lipinski definition) is 2. The molecule has 0 bridgehead atoms. The molecule has 7 nitrogen and oxygen atoms in total. The van der Waals surface area contributed by atoms with Crippen molar-refractivity contribution < 1.29 is 17.1 Å². The lowest BCUT2D eigenvalue weighted by atomic mass is 9.88. The van der Waals surface area contributed by atoms with Gasteiger partial charge in [-0.3, -0.25) is 10.1 Å². The van der Waals surface area contributed by atoms with Crippen molar-refractivity contribution in [3.05, 3.63) is 90.0 Å². The summed E-state index contributed by atoms with van der Waals surface area (Å²) < 4.78 is 34.8. The van der Waals surface area contributed by atoms with Crippen LogP contribution < -0.4 is 10.6 Å². The molecule has 0 aliphatic rings. The second-order valence-electron chi connectivity index (χ2n) is 7.00. The Bertz CT molecular complexity index is 1240. The SMILES string of the molecule is C=C/C(=C/C)C(CCNc1nnc(NC(=O)c2ccc(S(=O)(=O)F)cc2)s1)c1ccccc1. The summed E-state index contributed by atoms with van der Waals surface area (Å²) in [4.78, 5) is 11.8. The van der Waals surface area contributed by atoms with E-state index >= 15 is 0 Å². The minimum absolute atomic E-state index is 0.168. The van der Waals surface area contributed by atoms with Crippen LogP contribution in [0.15, 0.2) is 83.8 Å². The maximum atomic E-state index is 13.0. The predicted molar refractivity (Wildman–Crippen MR) is 129 cm³/mol. The van der Waals surface area contributed by atoms with Crippen LogP contribution in [-0.4, -0.2) is 31.1 Å². The van der Waals surface area contributed by atoms with Gasteiger partial charge < -0.3 is 5.32 Å². The van der Waals surface area contributed by atoms with Crippen LogP contribution in [0.5, 0.6) is 0 Å². The lowest BCUT2D eigenvalue weighted by molar-refractivity contribution is 0.102. The summed E-state index contributed by atoms with van der Waals surface area (Å²) >= 11 is 1.17. The van der Waals surface area contributed by atoms with Crippen LogP contribution in [0.1, 0.15) is 35.2 Å². The highest BCUT2D eigenvalue weighted by Gasteiger charge is 2.16. The number of hydrogen-bond acceptors (Lipinski definition) is 7. The summed E-state index contributed by atoms with van der Waals surface area (Å²) in [5.41, 5.74) is 2.50. The van der Waals surface area contributed by atoms with E-state index in [9.17, 15) is 17.1 Å². The van der Waals surface area contributed by atoms with Crippen molar-refractivity contribution in [3.63, 3.8) is 0 Å². The Labute approximate surface area is 196 Å². The van der Waals surface area contributed by atoms with E-state index in [1.807, 2.05) is 31.2 Å². The first-order valence-corrected chi connectivity index (χ1v) is 12.3. The molecule has 1 aromatic heterocycles. The van der Waals surface area contributed by atoms with Crippen molar-refractivity contribution >= 4 is 37.7 Å². The second kappa shape index (κ2) is 11.0. The normalized spacial score (nSPS) is 12.7. The van der Waals surface area contributed by atoms with Crippen molar-refractivity contribution in [2.45, 2.75) is 24.2 Å². The first-order valence-electron chi connectivity index (χ1n) is 10.1. The minimum atomic E-state index is -4.81. The molecule has 1 amide bonds. The van der Waals surface area contributed by atoms with Gasteiger partial charge in [-0.2, -0.15) is 8.42 Å². The van der Waals surface area contributed by atoms with Crippen LogP contribution in [0, 0.1) is 0 Å². The molecule has 0 aliphatic carbocycles. The summed E-state index contributed by atoms with van der Waals surface area (Å²) in [5.74, 6) is -0.322. The first-order chi connectivity index (χ1) is 15.8. The number of allylic oxidation sites excluding steroid dienone is 3. The fourth-order valence-electron chi connectivity index (χ4n) is 3.28. The standard InChI is InChI=1S/C23H23FN4O3S2/c1-3-16(4-2)20(17-8-6-5-7-9-17)14-15-25-22-27-28-23(32-22)26-21(29)18-10-12-19(13-11-18)33(24,30)31/h3-13,20H,1,14-15H2,2H3,(H,25,27)(H,26,28,29)/b16-4-. The lowest BCUT2D eigenvalue weighted by Crippen LogP contribution is -2.11. The van der Waals surface area contributed by atoms with E-state index in [-0.39, 0.29) is 16.6 Å². The summed E-state index contributed by atoms with van der Waals surface area (Å²) in [6.07, 6.45) is 4.73. The molecule has 1 atom stereocenters. The van der Waals surface area contributed by atoms with Crippen molar-refractivity contribution in [1.29, 1.82) is 0 Å². The van der Waals surface area contributed by atoms with Crippen molar-refractivity contribution in [2.75, 3.05) is 17.2 Å². The molecule has 1 heterocycles. The van der Waals surface area contributed by atoms with E-state index in [1.165, 1.54) is 29.0 Å². The Morgan fingerprint density at radius 2 is 1.79 bits per heavy atom. The lowest BCUT2D eigenvalue weighted by Gasteiger charge is -2.19. The molecule has 0 radical (unpaired) electrons. The number of rotatable bonds is 10. The molecule has 3 aromatic rings. The van der Waals surface area contributed by atoms with Crippen LogP contribution in [0.2, 0.25) is 0 Å². The van der Waals surface area contributed by atoms with Crippen molar-refractivity contribution in [2.24, 2.45) is 0 Å². The van der Waals surface area contributed by atoms with E-state index in [0.29, 0.717) is 11.7 Å². The molecular weight excluding hydrogens is 463 g/mol. The number of aromatic nitrogens is 2. The molecule has 0 spiro atoms. The molecular formula is C23H23FN4O3S2. The summed E-state index contributed by atoms with van der Waals surface area (Å²) in [6, 6.07) is 14.7. The summed E-state index contributed by atoms with van der Waals surface area (Å²) in [7, 11) is -4.81. The average molecular weight is 487 g/mol. The van der Waals surface area contributed by atoms with Gasteiger partial charge in [-0.15, -0.1) is 14.1 Å². The number of benzene rings is 2. The van der Waals surface area contributed by atoms with Gasteiger partial charge >= 0.3 is 10.2 Å². The number of halogens is 1. The smallest absolute Gasteiger partial charge is 0.332 e. The van der Waals surface area contributed by atoms with Gasteiger partial charge in [-0.25, -0.2) is 0 Å². The highest BCUT2D eigenvalue weighted by atomic mass is 32.3. The van der Waals surface area contributed by atoms with Crippen molar-refractivity contribution in [1.82, 2.24) is 10.2 Å². The quantitative estimate of drug-likeness (QED) is 0.303. The molecule has 2 aromatic carbocycles. The van der Waals surface area contributed by atoms with Gasteiger partial charge in [0.25, 0.3) is 5.91 Å². The Hall–Kier alpha value is -3.37. The number of anilines is 2. The van der Waals surface area contributed by atoms with Gasteiger partial charge in [0, 0.05) is 18.0 Å². The molecule has 2 N–H and O–H groups in total. The average Bonchev–Trinajstić information content (AvgIpc) is 3.26. The number of nitrogens with one attached hydrogen (secondary N) is 2. The van der Waals surface area contributed by atoms with Gasteiger partial charge in [0.2, 0.25) is 10.3 Å². The Balaban J connectivity index is 1.59. The van der Waals surface area contributed by atoms with Crippen LogP contribution in [0.3, 0.4) is 0 Å². The summed E-state index contributed by atoms with van der Waals surface area (Å²) in [6.45, 7) is 6.54. The molecule has 0 fully saturated rings. The third-order valence-electron chi connectivity index (χ3n) is 4.93. The zero-order valence-electron chi connectivity index (χ0n) is 17.9. The maximum absolute atomic E-state index is 13.0. The molecule has 0 saturated carbocycles. The van der Waals surface area contributed by atoms with Gasteiger partial charge in [-0.1, -0.05) is 60.4 Å². The topological polar surface area (TPSA) is 101 Å². The van der Waals surface area contributed by atoms with Crippen molar-refractivity contribution in [3.8, 4) is 0 Å². The largest absolute Gasteiger partial charge is 0.360 e. The van der Waals surface area contributed by atoms with Crippen LogP contribution in [-0.2, 0) is 10.2 Å². The van der Waals surface area contributed by atoms with Gasteiger partial charge in [0.15, 0.2) is 0 Å². The second-order valence-corrected chi connectivity index (χ2v) is 9.32. The monoisotopic (exact) mass is 486 g/mol. The molecule has 0 aliphatic heterocycles. The van der Waals surface area contributed by atoms with Gasteiger partial charge in [-0.05, 0) is 48.7 Å².